The van der Waals surface area contributed by atoms with Gasteiger partial charge in [0.05, 0.1) is 18.9 Å². The molecule has 1 amide bonds. The first-order valence-corrected chi connectivity index (χ1v) is 11.4. The van der Waals surface area contributed by atoms with Crippen molar-refractivity contribution in [3.8, 4) is 17.2 Å². The van der Waals surface area contributed by atoms with Gasteiger partial charge in [0.1, 0.15) is 17.2 Å². The lowest BCUT2D eigenvalue weighted by molar-refractivity contribution is -0.115. The maximum absolute atomic E-state index is 12.4. The number of hydrogen-bond acceptors (Lipinski definition) is 5. The van der Waals surface area contributed by atoms with Crippen LogP contribution >= 0.6 is 0 Å². The van der Waals surface area contributed by atoms with Crippen LogP contribution in [0.15, 0.2) is 78.9 Å². The maximum atomic E-state index is 12.4. The standard InChI is InChI=1S/C23H24N2O5S/c1-2-29-22-11-7-6-8-18(22)17-31(27,28)24-16-23(26)25-19-12-14-21(15-13-19)30-20-9-4-3-5-10-20/h3-15,24H,2,16-17H2,1H3,(H,25,26). The Bertz CT molecular complexity index is 1100. The molecule has 0 aromatic heterocycles. The molecule has 2 N–H and O–H groups in total. The lowest BCUT2D eigenvalue weighted by Gasteiger charge is -2.11. The summed E-state index contributed by atoms with van der Waals surface area (Å²) in [5.41, 5.74) is 1.07. The van der Waals surface area contributed by atoms with E-state index in [-0.39, 0.29) is 12.3 Å². The van der Waals surface area contributed by atoms with Gasteiger partial charge in [-0.3, -0.25) is 4.79 Å². The first kappa shape index (κ1) is 22.3. The highest BCUT2D eigenvalue weighted by molar-refractivity contribution is 7.88. The fourth-order valence-corrected chi connectivity index (χ4v) is 3.89. The molecule has 0 fully saturated rings. The van der Waals surface area contributed by atoms with Crippen molar-refractivity contribution in [2.75, 3.05) is 18.5 Å². The van der Waals surface area contributed by atoms with E-state index in [0.717, 1.165) is 0 Å². The Balaban J connectivity index is 1.51. The number of ether oxygens (including phenoxy) is 2. The topological polar surface area (TPSA) is 93.7 Å². The molecule has 31 heavy (non-hydrogen) atoms. The molecule has 0 aliphatic heterocycles. The molecule has 0 aliphatic carbocycles. The van der Waals surface area contributed by atoms with Gasteiger partial charge in [-0.2, -0.15) is 0 Å². The van der Waals surface area contributed by atoms with Crippen molar-refractivity contribution in [1.82, 2.24) is 4.72 Å². The van der Waals surface area contributed by atoms with Crippen LogP contribution in [0.1, 0.15) is 12.5 Å². The largest absolute Gasteiger partial charge is 0.494 e. The number of carbonyl (C=O) groups excluding carboxylic acids is 1. The zero-order chi connectivity index (χ0) is 22.1. The summed E-state index contributed by atoms with van der Waals surface area (Å²) < 4.78 is 38.2. The summed E-state index contributed by atoms with van der Waals surface area (Å²) >= 11 is 0. The first-order valence-electron chi connectivity index (χ1n) is 9.76. The highest BCUT2D eigenvalue weighted by Gasteiger charge is 2.16. The number of anilines is 1. The summed E-state index contributed by atoms with van der Waals surface area (Å²) in [5, 5.41) is 2.66. The van der Waals surface area contributed by atoms with Crippen LogP contribution in [0.25, 0.3) is 0 Å². The van der Waals surface area contributed by atoms with E-state index in [1.54, 1.807) is 48.5 Å². The first-order chi connectivity index (χ1) is 14.9. The SMILES string of the molecule is CCOc1ccccc1CS(=O)(=O)NCC(=O)Nc1ccc(Oc2ccccc2)cc1. The molecular weight excluding hydrogens is 416 g/mol. The summed E-state index contributed by atoms with van der Waals surface area (Å²) in [6.07, 6.45) is 0. The smallest absolute Gasteiger partial charge is 0.239 e. The summed E-state index contributed by atoms with van der Waals surface area (Å²) in [7, 11) is -3.71. The van der Waals surface area contributed by atoms with E-state index in [2.05, 4.69) is 10.0 Å². The Morgan fingerprint density at radius 2 is 1.52 bits per heavy atom. The van der Waals surface area contributed by atoms with Crippen molar-refractivity contribution >= 4 is 21.6 Å². The Morgan fingerprint density at radius 1 is 0.871 bits per heavy atom. The molecule has 3 rings (SSSR count). The third kappa shape index (κ3) is 7.13. The second kappa shape index (κ2) is 10.6. The van der Waals surface area contributed by atoms with Gasteiger partial charge in [0, 0.05) is 11.3 Å². The zero-order valence-electron chi connectivity index (χ0n) is 17.1. The van der Waals surface area contributed by atoms with Crippen LogP contribution in [0.2, 0.25) is 0 Å². The monoisotopic (exact) mass is 440 g/mol. The molecule has 0 heterocycles. The van der Waals surface area contributed by atoms with Crippen molar-refractivity contribution in [3.63, 3.8) is 0 Å². The van der Waals surface area contributed by atoms with Gasteiger partial charge in [-0.1, -0.05) is 36.4 Å². The average molecular weight is 441 g/mol. The quantitative estimate of drug-likeness (QED) is 0.498. The number of hydrogen-bond donors (Lipinski definition) is 2. The fraction of sp³-hybridized carbons (Fsp3) is 0.174. The molecule has 162 valence electrons. The van der Waals surface area contributed by atoms with Crippen LogP contribution in [-0.4, -0.2) is 27.5 Å². The van der Waals surface area contributed by atoms with Crippen molar-refractivity contribution < 1.29 is 22.7 Å². The molecule has 0 unspecified atom stereocenters. The van der Waals surface area contributed by atoms with Gasteiger partial charge in [0.15, 0.2) is 0 Å². The van der Waals surface area contributed by atoms with E-state index >= 15 is 0 Å². The molecule has 0 spiro atoms. The number of carbonyl (C=O) groups is 1. The van der Waals surface area contributed by atoms with Crippen LogP contribution in [0.5, 0.6) is 17.2 Å². The van der Waals surface area contributed by atoms with Crippen molar-refractivity contribution in [1.29, 1.82) is 0 Å². The molecule has 0 saturated heterocycles. The number of rotatable bonds is 10. The Morgan fingerprint density at radius 3 is 2.23 bits per heavy atom. The Hall–Kier alpha value is -3.36. The lowest BCUT2D eigenvalue weighted by Crippen LogP contribution is -2.33. The van der Waals surface area contributed by atoms with E-state index in [1.165, 1.54) is 0 Å². The van der Waals surface area contributed by atoms with Gasteiger partial charge in [0.2, 0.25) is 15.9 Å². The van der Waals surface area contributed by atoms with E-state index in [0.29, 0.717) is 35.1 Å². The van der Waals surface area contributed by atoms with Gasteiger partial charge < -0.3 is 14.8 Å². The van der Waals surface area contributed by atoms with E-state index in [1.807, 2.05) is 37.3 Å². The molecule has 0 bridgehead atoms. The number of amides is 1. The van der Waals surface area contributed by atoms with Crippen LogP contribution in [0.4, 0.5) is 5.69 Å². The average Bonchev–Trinajstić information content (AvgIpc) is 2.76. The number of benzene rings is 3. The molecule has 0 saturated carbocycles. The van der Waals surface area contributed by atoms with Gasteiger partial charge in [-0.05, 0) is 49.4 Å². The van der Waals surface area contributed by atoms with E-state index in [9.17, 15) is 13.2 Å². The maximum Gasteiger partial charge on any atom is 0.239 e. The molecule has 3 aromatic carbocycles. The van der Waals surface area contributed by atoms with Crippen LogP contribution < -0.4 is 19.5 Å². The predicted octanol–water partition coefficient (Wildman–Crippen LogP) is 3.94. The van der Waals surface area contributed by atoms with E-state index < -0.39 is 15.9 Å². The second-order valence-corrected chi connectivity index (χ2v) is 8.42. The van der Waals surface area contributed by atoms with Crippen molar-refractivity contribution in [2.24, 2.45) is 0 Å². The summed E-state index contributed by atoms with van der Waals surface area (Å²) in [5.74, 6) is 1.09. The third-order valence-electron chi connectivity index (χ3n) is 4.19. The minimum atomic E-state index is -3.71. The minimum absolute atomic E-state index is 0.276. The van der Waals surface area contributed by atoms with Gasteiger partial charge >= 0.3 is 0 Å². The highest BCUT2D eigenvalue weighted by Crippen LogP contribution is 2.23. The van der Waals surface area contributed by atoms with Crippen molar-refractivity contribution in [2.45, 2.75) is 12.7 Å². The third-order valence-corrected chi connectivity index (χ3v) is 5.46. The minimum Gasteiger partial charge on any atom is -0.494 e. The zero-order valence-corrected chi connectivity index (χ0v) is 17.9. The summed E-state index contributed by atoms with van der Waals surface area (Å²) in [6.45, 7) is 1.89. The molecule has 0 aliphatic rings. The predicted molar refractivity (Wildman–Crippen MR) is 120 cm³/mol. The summed E-state index contributed by atoms with van der Waals surface area (Å²) in [4.78, 5) is 12.2. The molecular formula is C23H24N2O5S. The van der Waals surface area contributed by atoms with Gasteiger partial charge in [-0.15, -0.1) is 0 Å². The highest BCUT2D eigenvalue weighted by atomic mass is 32.2. The molecule has 8 heteroatoms. The number of sulfonamides is 1. The molecule has 7 nitrogen and oxygen atoms in total. The van der Waals surface area contributed by atoms with Crippen LogP contribution in [-0.2, 0) is 20.6 Å². The second-order valence-electron chi connectivity index (χ2n) is 6.61. The van der Waals surface area contributed by atoms with Gasteiger partial charge in [0.25, 0.3) is 0 Å². The molecule has 0 radical (unpaired) electrons. The number of para-hydroxylation sites is 2. The number of nitrogens with one attached hydrogen (secondary N) is 2. The van der Waals surface area contributed by atoms with Gasteiger partial charge in [-0.25, -0.2) is 13.1 Å². The van der Waals surface area contributed by atoms with Crippen LogP contribution in [0.3, 0.4) is 0 Å². The van der Waals surface area contributed by atoms with E-state index in [4.69, 9.17) is 9.47 Å². The lowest BCUT2D eigenvalue weighted by atomic mass is 10.2. The fourth-order valence-electron chi connectivity index (χ4n) is 2.79. The molecule has 3 aromatic rings. The normalized spacial score (nSPS) is 11.0. The summed E-state index contributed by atoms with van der Waals surface area (Å²) in [6, 6.07) is 23.1. The van der Waals surface area contributed by atoms with Crippen molar-refractivity contribution in [3.05, 3.63) is 84.4 Å². The Labute approximate surface area is 182 Å². The Kier molecular flexibility index (Phi) is 7.64. The van der Waals surface area contributed by atoms with Crippen LogP contribution in [0, 0.1) is 0 Å². The molecule has 0 atom stereocenters.